The van der Waals surface area contributed by atoms with E-state index in [1.165, 1.54) is 7.11 Å². The van der Waals surface area contributed by atoms with Crippen molar-refractivity contribution in [3.8, 4) is 0 Å². The highest BCUT2D eigenvalue weighted by Crippen LogP contribution is 2.31. The van der Waals surface area contributed by atoms with Crippen LogP contribution in [0.25, 0.3) is 0 Å². The van der Waals surface area contributed by atoms with Gasteiger partial charge in [-0.1, -0.05) is 0 Å². The standard InChI is InChI=1S/C11H17NO2S2/c1-12(2)5-7-16-10(11(13)14-3)9-4-6-15-8-9/h4,6,8,10H,5,7H2,1-3H3/t10-/m1/s1. The zero-order valence-corrected chi connectivity index (χ0v) is 11.4. The molecule has 16 heavy (non-hydrogen) atoms. The topological polar surface area (TPSA) is 29.5 Å². The fraction of sp³-hybridized carbons (Fsp3) is 0.545. The van der Waals surface area contributed by atoms with Gasteiger partial charge in [0, 0.05) is 12.3 Å². The molecule has 0 amide bonds. The van der Waals surface area contributed by atoms with Gasteiger partial charge in [0.05, 0.1) is 7.11 Å². The molecule has 0 aliphatic carbocycles. The van der Waals surface area contributed by atoms with Gasteiger partial charge in [0.25, 0.3) is 0 Å². The predicted molar refractivity (Wildman–Crippen MR) is 70.1 cm³/mol. The maximum Gasteiger partial charge on any atom is 0.323 e. The second-order valence-corrected chi connectivity index (χ2v) is 5.63. The van der Waals surface area contributed by atoms with Crippen molar-refractivity contribution in [2.75, 3.05) is 33.5 Å². The average molecular weight is 259 g/mol. The Morgan fingerprint density at radius 3 is 2.88 bits per heavy atom. The van der Waals surface area contributed by atoms with Crippen LogP contribution in [0.3, 0.4) is 0 Å². The van der Waals surface area contributed by atoms with E-state index in [0.717, 1.165) is 17.9 Å². The minimum Gasteiger partial charge on any atom is -0.468 e. The van der Waals surface area contributed by atoms with Gasteiger partial charge in [-0.05, 0) is 36.5 Å². The van der Waals surface area contributed by atoms with E-state index >= 15 is 0 Å². The van der Waals surface area contributed by atoms with Crippen LogP contribution in [0.15, 0.2) is 16.8 Å². The Hall–Kier alpha value is -0.520. The summed E-state index contributed by atoms with van der Waals surface area (Å²) in [4.78, 5) is 13.7. The molecule has 0 saturated carbocycles. The minimum absolute atomic E-state index is 0.165. The number of carbonyl (C=O) groups excluding carboxylic acids is 1. The molecule has 0 radical (unpaired) electrons. The van der Waals surface area contributed by atoms with Gasteiger partial charge in [0.15, 0.2) is 0 Å². The summed E-state index contributed by atoms with van der Waals surface area (Å²) in [6.45, 7) is 0.961. The lowest BCUT2D eigenvalue weighted by Crippen LogP contribution is -2.17. The first-order valence-electron chi connectivity index (χ1n) is 5.01. The monoisotopic (exact) mass is 259 g/mol. The number of hydrogen-bond acceptors (Lipinski definition) is 5. The summed E-state index contributed by atoms with van der Waals surface area (Å²) in [7, 11) is 5.49. The summed E-state index contributed by atoms with van der Waals surface area (Å²) in [5, 5.41) is 3.80. The molecule has 3 nitrogen and oxygen atoms in total. The zero-order valence-electron chi connectivity index (χ0n) is 9.80. The third-order valence-corrected chi connectivity index (χ3v) is 4.00. The Bertz CT molecular complexity index is 312. The smallest absolute Gasteiger partial charge is 0.323 e. The van der Waals surface area contributed by atoms with Gasteiger partial charge in [-0.3, -0.25) is 4.79 Å². The SMILES string of the molecule is COC(=O)[C@H](SCCN(C)C)c1ccsc1. The van der Waals surface area contributed by atoms with E-state index in [1.807, 2.05) is 30.9 Å². The zero-order chi connectivity index (χ0) is 12.0. The molecular formula is C11H17NO2S2. The highest BCUT2D eigenvalue weighted by Gasteiger charge is 2.21. The van der Waals surface area contributed by atoms with Gasteiger partial charge in [-0.2, -0.15) is 11.3 Å². The van der Waals surface area contributed by atoms with Crippen LogP contribution in [-0.2, 0) is 9.53 Å². The molecule has 0 aliphatic heterocycles. The Labute approximate surface area is 105 Å². The number of ether oxygens (including phenoxy) is 1. The molecule has 0 unspecified atom stereocenters. The molecule has 0 aliphatic rings. The van der Waals surface area contributed by atoms with E-state index in [4.69, 9.17) is 4.74 Å². The lowest BCUT2D eigenvalue weighted by atomic mass is 10.2. The first-order valence-corrected chi connectivity index (χ1v) is 7.00. The summed E-state index contributed by atoms with van der Waals surface area (Å²) in [5.74, 6) is 0.755. The van der Waals surface area contributed by atoms with E-state index in [2.05, 4.69) is 4.90 Å². The molecule has 0 aromatic carbocycles. The molecule has 1 aromatic heterocycles. The Kier molecular flexibility index (Phi) is 5.87. The van der Waals surface area contributed by atoms with Gasteiger partial charge in [-0.15, -0.1) is 11.8 Å². The summed E-state index contributed by atoms with van der Waals surface area (Å²) >= 11 is 3.23. The fourth-order valence-electron chi connectivity index (χ4n) is 1.18. The summed E-state index contributed by atoms with van der Waals surface area (Å²) < 4.78 is 4.82. The van der Waals surface area contributed by atoms with Crippen molar-refractivity contribution in [1.29, 1.82) is 0 Å². The predicted octanol–water partition coefficient (Wildman–Crippen LogP) is 2.26. The van der Waals surface area contributed by atoms with Gasteiger partial charge < -0.3 is 9.64 Å². The molecule has 1 atom stereocenters. The first kappa shape index (κ1) is 13.5. The number of nitrogens with zero attached hydrogens (tertiary/aromatic N) is 1. The summed E-state index contributed by atoms with van der Waals surface area (Å²) in [5.41, 5.74) is 1.04. The van der Waals surface area contributed by atoms with Crippen molar-refractivity contribution in [3.05, 3.63) is 22.4 Å². The second-order valence-electron chi connectivity index (χ2n) is 3.63. The quantitative estimate of drug-likeness (QED) is 0.733. The van der Waals surface area contributed by atoms with Crippen LogP contribution >= 0.6 is 23.1 Å². The van der Waals surface area contributed by atoms with Gasteiger partial charge >= 0.3 is 5.97 Å². The highest BCUT2D eigenvalue weighted by atomic mass is 32.2. The summed E-state index contributed by atoms with van der Waals surface area (Å²) in [6.07, 6.45) is 0. The number of thiophene rings is 1. The third-order valence-electron chi connectivity index (χ3n) is 2.08. The number of hydrogen-bond donors (Lipinski definition) is 0. The molecule has 1 rings (SSSR count). The van der Waals surface area contributed by atoms with Crippen molar-refractivity contribution >= 4 is 29.1 Å². The molecule has 90 valence electrons. The number of rotatable bonds is 6. The largest absolute Gasteiger partial charge is 0.468 e. The highest BCUT2D eigenvalue weighted by molar-refractivity contribution is 8.00. The van der Waals surface area contributed by atoms with E-state index < -0.39 is 0 Å². The number of methoxy groups -OCH3 is 1. The minimum atomic E-state index is -0.184. The van der Waals surface area contributed by atoms with Gasteiger partial charge in [0.2, 0.25) is 0 Å². The lowest BCUT2D eigenvalue weighted by molar-refractivity contribution is -0.140. The average Bonchev–Trinajstić information content (AvgIpc) is 2.76. The number of carbonyl (C=O) groups is 1. The Morgan fingerprint density at radius 1 is 1.62 bits per heavy atom. The van der Waals surface area contributed by atoms with Crippen molar-refractivity contribution in [2.24, 2.45) is 0 Å². The van der Waals surface area contributed by atoms with Crippen LogP contribution in [0, 0.1) is 0 Å². The van der Waals surface area contributed by atoms with E-state index in [0.29, 0.717) is 0 Å². The van der Waals surface area contributed by atoms with Gasteiger partial charge in [-0.25, -0.2) is 0 Å². The molecule has 5 heteroatoms. The third kappa shape index (κ3) is 4.15. The van der Waals surface area contributed by atoms with Crippen molar-refractivity contribution in [1.82, 2.24) is 4.90 Å². The van der Waals surface area contributed by atoms with Crippen LogP contribution in [0.2, 0.25) is 0 Å². The Morgan fingerprint density at radius 2 is 2.38 bits per heavy atom. The fourth-order valence-corrected chi connectivity index (χ4v) is 3.23. The number of esters is 1. The van der Waals surface area contributed by atoms with Crippen LogP contribution in [0.1, 0.15) is 10.8 Å². The van der Waals surface area contributed by atoms with Crippen LogP contribution in [0.5, 0.6) is 0 Å². The molecule has 0 saturated heterocycles. The van der Waals surface area contributed by atoms with E-state index in [9.17, 15) is 4.79 Å². The normalized spacial score (nSPS) is 12.8. The molecular weight excluding hydrogens is 242 g/mol. The molecule has 1 aromatic rings. The summed E-state index contributed by atoms with van der Waals surface area (Å²) in [6, 6.07) is 1.98. The van der Waals surface area contributed by atoms with Crippen LogP contribution < -0.4 is 0 Å². The van der Waals surface area contributed by atoms with Crippen molar-refractivity contribution in [3.63, 3.8) is 0 Å². The van der Waals surface area contributed by atoms with Gasteiger partial charge in [0.1, 0.15) is 5.25 Å². The first-order chi connectivity index (χ1) is 7.65. The molecule has 0 N–H and O–H groups in total. The second kappa shape index (κ2) is 6.93. The van der Waals surface area contributed by atoms with Crippen LogP contribution in [-0.4, -0.2) is 44.4 Å². The molecule has 0 fully saturated rings. The van der Waals surface area contributed by atoms with Crippen molar-refractivity contribution in [2.45, 2.75) is 5.25 Å². The molecule has 1 heterocycles. The molecule has 0 spiro atoms. The van der Waals surface area contributed by atoms with Crippen molar-refractivity contribution < 1.29 is 9.53 Å². The van der Waals surface area contributed by atoms with Crippen LogP contribution in [0.4, 0.5) is 0 Å². The van der Waals surface area contributed by atoms with E-state index in [-0.39, 0.29) is 11.2 Å². The number of thioether (sulfide) groups is 1. The lowest BCUT2D eigenvalue weighted by Gasteiger charge is -2.15. The molecule has 0 bridgehead atoms. The Balaban J connectivity index is 2.55. The van der Waals surface area contributed by atoms with E-state index in [1.54, 1.807) is 23.1 Å². The maximum absolute atomic E-state index is 11.6. The maximum atomic E-state index is 11.6.